The molecule has 5 rings (SSSR count). The van der Waals surface area contributed by atoms with Crippen molar-refractivity contribution in [2.24, 2.45) is 0 Å². The van der Waals surface area contributed by atoms with Crippen molar-refractivity contribution >= 4 is 55.7 Å². The third-order valence-corrected chi connectivity index (χ3v) is 6.70. The van der Waals surface area contributed by atoms with E-state index in [1.807, 2.05) is 18.2 Å². The number of rotatable bonds is 4. The monoisotopic (exact) mass is 464 g/mol. The number of benzene rings is 2. The predicted octanol–water partition coefficient (Wildman–Crippen LogP) is 5.73. The molecule has 32 heavy (non-hydrogen) atoms. The van der Waals surface area contributed by atoms with Gasteiger partial charge in [-0.1, -0.05) is 35.9 Å². The Morgan fingerprint density at radius 1 is 1.19 bits per heavy atom. The van der Waals surface area contributed by atoms with Crippen molar-refractivity contribution < 1.29 is 19.1 Å². The average molecular weight is 465 g/mol. The summed E-state index contributed by atoms with van der Waals surface area (Å²) in [6.07, 6.45) is 2.34. The summed E-state index contributed by atoms with van der Waals surface area (Å²) >= 11 is 7.27. The number of carbonyl (C=O) groups is 2. The van der Waals surface area contributed by atoms with Gasteiger partial charge in [0, 0.05) is 10.6 Å². The van der Waals surface area contributed by atoms with Crippen LogP contribution in [0.2, 0.25) is 5.02 Å². The predicted molar refractivity (Wildman–Crippen MR) is 124 cm³/mol. The number of anilines is 1. The summed E-state index contributed by atoms with van der Waals surface area (Å²) in [4.78, 5) is 32.1. The summed E-state index contributed by atoms with van der Waals surface area (Å²) in [5, 5.41) is 11.9. The van der Waals surface area contributed by atoms with Crippen LogP contribution in [0.3, 0.4) is 0 Å². The van der Waals surface area contributed by atoms with Gasteiger partial charge in [-0.25, -0.2) is 4.98 Å². The van der Waals surface area contributed by atoms with Gasteiger partial charge >= 0.3 is 5.91 Å². The molecule has 4 aromatic rings. The first kappa shape index (κ1) is 20.5. The molecule has 2 aromatic carbocycles. The number of halogens is 1. The summed E-state index contributed by atoms with van der Waals surface area (Å²) < 4.78 is 6.49. The third-order valence-electron chi connectivity index (χ3n) is 5.43. The molecule has 1 N–H and O–H groups in total. The maximum atomic E-state index is 13.1. The van der Waals surface area contributed by atoms with Crippen molar-refractivity contribution in [1.29, 1.82) is 0 Å². The molecule has 0 aliphatic carbocycles. The van der Waals surface area contributed by atoms with Gasteiger partial charge in [0.2, 0.25) is 0 Å². The zero-order chi connectivity index (χ0) is 22.4. The zero-order valence-corrected chi connectivity index (χ0v) is 18.5. The number of aryl methyl sites for hydroxylation is 1. The van der Waals surface area contributed by atoms with Gasteiger partial charge in [-0.15, -0.1) is 0 Å². The summed E-state index contributed by atoms with van der Waals surface area (Å²) in [7, 11) is 0. The molecule has 1 aliphatic heterocycles. The Balaban J connectivity index is 1.69. The number of thiazole rings is 1. The number of aromatic nitrogens is 1. The number of furan rings is 1. The first-order valence-corrected chi connectivity index (χ1v) is 11.2. The molecular formula is C24H17ClN2O4S. The van der Waals surface area contributed by atoms with Gasteiger partial charge in [0.15, 0.2) is 5.13 Å². The van der Waals surface area contributed by atoms with Gasteiger partial charge in [0.1, 0.15) is 17.6 Å². The summed E-state index contributed by atoms with van der Waals surface area (Å²) in [5.74, 6) is -1.50. The molecule has 1 fully saturated rings. The summed E-state index contributed by atoms with van der Waals surface area (Å²) in [5.41, 5.74) is 2.21. The lowest BCUT2D eigenvalue weighted by molar-refractivity contribution is -0.132. The molecule has 0 radical (unpaired) electrons. The van der Waals surface area contributed by atoms with Crippen molar-refractivity contribution in [3.63, 3.8) is 0 Å². The van der Waals surface area contributed by atoms with Crippen LogP contribution in [0.4, 0.5) is 5.13 Å². The molecule has 0 spiro atoms. The lowest BCUT2D eigenvalue weighted by Crippen LogP contribution is -2.29. The lowest BCUT2D eigenvalue weighted by Gasteiger charge is -2.20. The molecule has 6 nitrogen and oxygen atoms in total. The normalized spacial score (nSPS) is 18.1. The van der Waals surface area contributed by atoms with E-state index in [1.54, 1.807) is 36.4 Å². The van der Waals surface area contributed by atoms with Gasteiger partial charge in [0.05, 0.1) is 22.1 Å². The fourth-order valence-electron chi connectivity index (χ4n) is 3.79. The van der Waals surface area contributed by atoms with Crippen molar-refractivity contribution in [2.45, 2.75) is 19.4 Å². The Morgan fingerprint density at radius 3 is 2.66 bits per heavy atom. The summed E-state index contributed by atoms with van der Waals surface area (Å²) in [6, 6.07) is 14.7. The maximum absolute atomic E-state index is 13.1. The van der Waals surface area contributed by atoms with Crippen LogP contribution in [0.1, 0.15) is 29.9 Å². The molecular weight excluding hydrogens is 448 g/mol. The number of hydrogen-bond acceptors (Lipinski definition) is 6. The van der Waals surface area contributed by atoms with Crippen LogP contribution < -0.4 is 4.90 Å². The number of Topliss-reactive ketones (excluding diaryl/α,β-unsaturated/α-hetero) is 1. The molecule has 0 saturated carbocycles. The quantitative estimate of drug-likeness (QED) is 0.237. The van der Waals surface area contributed by atoms with Gasteiger partial charge in [-0.3, -0.25) is 14.5 Å². The van der Waals surface area contributed by atoms with Gasteiger partial charge in [-0.2, -0.15) is 0 Å². The van der Waals surface area contributed by atoms with E-state index in [4.69, 9.17) is 16.0 Å². The van der Waals surface area contributed by atoms with Crippen LogP contribution >= 0.6 is 22.9 Å². The zero-order valence-electron chi connectivity index (χ0n) is 16.9. The van der Waals surface area contributed by atoms with Gasteiger partial charge in [0.25, 0.3) is 5.78 Å². The highest BCUT2D eigenvalue weighted by molar-refractivity contribution is 7.22. The Morgan fingerprint density at radius 2 is 1.97 bits per heavy atom. The highest BCUT2D eigenvalue weighted by Crippen LogP contribution is 2.44. The van der Waals surface area contributed by atoms with Gasteiger partial charge < -0.3 is 9.52 Å². The molecule has 160 valence electrons. The number of fused-ring (bicyclic) bond motifs is 1. The van der Waals surface area contributed by atoms with Crippen LogP contribution in [0.5, 0.6) is 0 Å². The highest BCUT2D eigenvalue weighted by Gasteiger charge is 2.49. The molecule has 0 unspecified atom stereocenters. The Bertz CT molecular complexity index is 1370. The Hall–Kier alpha value is -3.42. The van der Waals surface area contributed by atoms with E-state index >= 15 is 0 Å². The fraction of sp³-hybridized carbons (Fsp3) is 0.125. The second-order valence-electron chi connectivity index (χ2n) is 7.34. The van der Waals surface area contributed by atoms with E-state index in [2.05, 4.69) is 11.9 Å². The van der Waals surface area contributed by atoms with E-state index in [1.165, 1.54) is 22.5 Å². The van der Waals surface area contributed by atoms with Crippen LogP contribution in [-0.4, -0.2) is 21.8 Å². The van der Waals surface area contributed by atoms with E-state index in [9.17, 15) is 14.7 Å². The van der Waals surface area contributed by atoms with Crippen LogP contribution in [0.15, 0.2) is 70.9 Å². The largest absolute Gasteiger partial charge is 0.507 e. The second-order valence-corrected chi connectivity index (χ2v) is 8.79. The van der Waals surface area contributed by atoms with Crippen molar-refractivity contribution in [2.75, 3.05) is 4.90 Å². The fourth-order valence-corrected chi connectivity index (χ4v) is 4.97. The first-order valence-electron chi connectivity index (χ1n) is 9.97. The minimum Gasteiger partial charge on any atom is -0.507 e. The van der Waals surface area contributed by atoms with Crippen LogP contribution in [0, 0.1) is 0 Å². The minimum absolute atomic E-state index is 0.0548. The molecule has 0 bridgehead atoms. The number of amides is 1. The lowest BCUT2D eigenvalue weighted by atomic mass is 9.99. The number of nitrogens with zero attached hydrogens (tertiary/aromatic N) is 2. The molecule has 8 heteroatoms. The Kier molecular flexibility index (Phi) is 5.07. The Labute approximate surface area is 192 Å². The van der Waals surface area contributed by atoms with E-state index < -0.39 is 17.7 Å². The molecule has 3 heterocycles. The topological polar surface area (TPSA) is 83.6 Å². The van der Waals surface area contributed by atoms with Crippen molar-refractivity contribution in [3.05, 3.63) is 88.3 Å². The number of hydrogen-bond donors (Lipinski definition) is 1. The smallest absolute Gasteiger partial charge is 0.302 e. The molecule has 1 aliphatic rings. The third kappa shape index (κ3) is 3.30. The van der Waals surface area contributed by atoms with Gasteiger partial charge in [-0.05, 0) is 60.5 Å². The van der Waals surface area contributed by atoms with E-state index in [-0.39, 0.29) is 11.3 Å². The molecule has 1 atom stereocenters. The van der Waals surface area contributed by atoms with Crippen LogP contribution in [-0.2, 0) is 16.0 Å². The molecule has 1 saturated heterocycles. The highest BCUT2D eigenvalue weighted by atomic mass is 35.5. The number of carbonyl (C=O) groups excluding carboxylic acids is 2. The first-order chi connectivity index (χ1) is 15.5. The average Bonchev–Trinajstić information content (AvgIpc) is 3.52. The van der Waals surface area contributed by atoms with Crippen molar-refractivity contribution in [1.82, 2.24) is 4.98 Å². The molecule has 2 aromatic heterocycles. The number of aliphatic hydroxyl groups excluding tert-OH is 1. The van der Waals surface area contributed by atoms with Crippen LogP contribution in [0.25, 0.3) is 16.0 Å². The minimum atomic E-state index is -0.938. The van der Waals surface area contributed by atoms with E-state index in [0.29, 0.717) is 21.5 Å². The SMILES string of the molecule is CCc1ccc2nc(N3C(=O)C(=O)C(=C(O)c4ccc(Cl)cc4)[C@H]3c3ccco3)sc2c1. The second kappa shape index (κ2) is 7.93. The summed E-state index contributed by atoms with van der Waals surface area (Å²) in [6.45, 7) is 2.06. The maximum Gasteiger partial charge on any atom is 0.302 e. The van der Waals surface area contributed by atoms with Crippen molar-refractivity contribution in [3.8, 4) is 0 Å². The van der Waals surface area contributed by atoms with E-state index in [0.717, 1.165) is 22.2 Å². The number of aliphatic hydroxyl groups is 1. The molecule has 1 amide bonds. The standard InChI is InChI=1S/C24H17ClN2O4S/c1-2-13-5-10-16-18(12-13)32-24(26-16)27-20(17-4-3-11-31-17)19(22(29)23(27)30)21(28)14-6-8-15(25)9-7-14/h3-12,20,28H,2H2,1H3/t20-/m1/s1. The number of ketones is 1.